The van der Waals surface area contributed by atoms with E-state index in [1.54, 1.807) is 6.92 Å². The Morgan fingerprint density at radius 2 is 1.93 bits per heavy atom. The van der Waals surface area contributed by atoms with Crippen LogP contribution in [0.3, 0.4) is 0 Å². The van der Waals surface area contributed by atoms with Gasteiger partial charge in [-0.25, -0.2) is 9.78 Å². The number of benzene rings is 2. The minimum atomic E-state index is -0.647. The molecule has 1 aromatic heterocycles. The SMILES string of the molecule is Cc1nc(-c2ccccc2)sc1C(=O)OCC(=O)Nc1cccc([N+](=O)[O-])c1. The maximum Gasteiger partial charge on any atom is 0.350 e. The maximum absolute atomic E-state index is 12.3. The standard InChI is InChI=1S/C19H15N3O5S/c1-12-17(28-18(20-12)13-6-3-2-4-7-13)19(24)27-11-16(23)21-14-8-5-9-15(10-14)22(25)26/h2-10H,11H2,1H3,(H,21,23). The minimum absolute atomic E-state index is 0.150. The van der Waals surface area contributed by atoms with Crippen LogP contribution in [0.1, 0.15) is 15.4 Å². The molecule has 0 fully saturated rings. The molecule has 142 valence electrons. The summed E-state index contributed by atoms with van der Waals surface area (Å²) in [6.07, 6.45) is 0. The molecule has 3 aromatic rings. The number of ether oxygens (including phenoxy) is 1. The van der Waals surface area contributed by atoms with Gasteiger partial charge in [-0.2, -0.15) is 0 Å². The Morgan fingerprint density at radius 3 is 2.64 bits per heavy atom. The van der Waals surface area contributed by atoms with E-state index in [1.165, 1.54) is 35.6 Å². The summed E-state index contributed by atoms with van der Waals surface area (Å²) >= 11 is 1.19. The lowest BCUT2D eigenvalue weighted by atomic mass is 10.2. The number of aromatic nitrogens is 1. The van der Waals surface area contributed by atoms with Crippen LogP contribution < -0.4 is 5.32 Å². The lowest BCUT2D eigenvalue weighted by molar-refractivity contribution is -0.384. The van der Waals surface area contributed by atoms with Crippen LogP contribution in [0.4, 0.5) is 11.4 Å². The van der Waals surface area contributed by atoms with Gasteiger partial charge >= 0.3 is 5.97 Å². The zero-order valence-electron chi connectivity index (χ0n) is 14.7. The van der Waals surface area contributed by atoms with E-state index in [0.29, 0.717) is 15.6 Å². The molecule has 1 heterocycles. The van der Waals surface area contributed by atoms with Crippen molar-refractivity contribution in [3.63, 3.8) is 0 Å². The van der Waals surface area contributed by atoms with Crippen molar-refractivity contribution in [1.82, 2.24) is 4.98 Å². The Hall–Kier alpha value is -3.59. The number of anilines is 1. The van der Waals surface area contributed by atoms with Gasteiger partial charge in [0.25, 0.3) is 11.6 Å². The van der Waals surface area contributed by atoms with Crippen LogP contribution in [0.2, 0.25) is 0 Å². The largest absolute Gasteiger partial charge is 0.451 e. The Kier molecular flexibility index (Phi) is 5.75. The molecule has 0 aliphatic heterocycles. The molecule has 0 aliphatic rings. The molecule has 28 heavy (non-hydrogen) atoms. The van der Waals surface area contributed by atoms with Crippen molar-refractivity contribution in [3.8, 4) is 10.6 Å². The van der Waals surface area contributed by atoms with E-state index in [0.717, 1.165) is 5.56 Å². The first-order chi connectivity index (χ1) is 13.4. The second-order valence-corrected chi connectivity index (χ2v) is 6.73. The monoisotopic (exact) mass is 397 g/mol. The summed E-state index contributed by atoms with van der Waals surface area (Å²) in [7, 11) is 0. The molecule has 1 amide bonds. The summed E-state index contributed by atoms with van der Waals surface area (Å²) in [5, 5.41) is 13.9. The predicted octanol–water partition coefficient (Wildman–Crippen LogP) is 3.82. The van der Waals surface area contributed by atoms with Gasteiger partial charge in [-0.1, -0.05) is 36.4 Å². The number of carbonyl (C=O) groups excluding carboxylic acids is 2. The van der Waals surface area contributed by atoms with Crippen molar-refractivity contribution in [2.45, 2.75) is 6.92 Å². The van der Waals surface area contributed by atoms with Crippen molar-refractivity contribution in [3.05, 3.63) is 75.3 Å². The highest BCUT2D eigenvalue weighted by Crippen LogP contribution is 2.28. The zero-order chi connectivity index (χ0) is 20.1. The number of nitrogens with zero attached hydrogens (tertiary/aromatic N) is 2. The van der Waals surface area contributed by atoms with Gasteiger partial charge in [-0.3, -0.25) is 14.9 Å². The van der Waals surface area contributed by atoms with Crippen molar-refractivity contribution < 1.29 is 19.2 Å². The number of amides is 1. The first kappa shape index (κ1) is 19.2. The third-order valence-corrected chi connectivity index (χ3v) is 4.86. The Morgan fingerprint density at radius 1 is 1.18 bits per heavy atom. The molecule has 0 unspecified atom stereocenters. The normalized spacial score (nSPS) is 10.3. The second-order valence-electron chi connectivity index (χ2n) is 5.73. The summed E-state index contributed by atoms with van der Waals surface area (Å²) in [6, 6.07) is 14.9. The fourth-order valence-corrected chi connectivity index (χ4v) is 3.35. The fraction of sp³-hybridized carbons (Fsp3) is 0.105. The summed E-state index contributed by atoms with van der Waals surface area (Å²) in [6.45, 7) is 1.18. The van der Waals surface area contributed by atoms with Crippen LogP contribution in [-0.2, 0) is 9.53 Å². The lowest BCUT2D eigenvalue weighted by Gasteiger charge is -2.06. The van der Waals surface area contributed by atoms with Gasteiger partial charge < -0.3 is 10.1 Å². The smallest absolute Gasteiger partial charge is 0.350 e. The van der Waals surface area contributed by atoms with Gasteiger partial charge in [0.1, 0.15) is 9.88 Å². The van der Waals surface area contributed by atoms with E-state index in [1.807, 2.05) is 30.3 Å². The fourth-order valence-electron chi connectivity index (χ4n) is 2.38. The highest BCUT2D eigenvalue weighted by atomic mass is 32.1. The number of hydrogen-bond acceptors (Lipinski definition) is 7. The van der Waals surface area contributed by atoms with Gasteiger partial charge in [0.2, 0.25) is 0 Å². The van der Waals surface area contributed by atoms with E-state index < -0.39 is 23.4 Å². The lowest BCUT2D eigenvalue weighted by Crippen LogP contribution is -2.20. The van der Waals surface area contributed by atoms with Gasteiger partial charge in [-0.05, 0) is 13.0 Å². The molecule has 0 saturated heterocycles. The van der Waals surface area contributed by atoms with Gasteiger partial charge in [0.05, 0.1) is 10.6 Å². The van der Waals surface area contributed by atoms with E-state index >= 15 is 0 Å². The molecule has 2 aromatic carbocycles. The van der Waals surface area contributed by atoms with Crippen LogP contribution in [-0.4, -0.2) is 28.4 Å². The Balaban J connectivity index is 1.61. The average molecular weight is 397 g/mol. The van der Waals surface area contributed by atoms with Gasteiger partial charge in [0.15, 0.2) is 6.61 Å². The van der Waals surface area contributed by atoms with Crippen LogP contribution in [0.25, 0.3) is 10.6 Å². The van der Waals surface area contributed by atoms with Crippen LogP contribution in [0.15, 0.2) is 54.6 Å². The number of rotatable bonds is 6. The quantitative estimate of drug-likeness (QED) is 0.384. The highest BCUT2D eigenvalue weighted by Gasteiger charge is 2.19. The van der Waals surface area contributed by atoms with Crippen LogP contribution in [0.5, 0.6) is 0 Å². The Labute approximate surface area is 164 Å². The predicted molar refractivity (Wildman–Crippen MR) is 104 cm³/mol. The number of thiazole rings is 1. The van der Waals surface area contributed by atoms with Gasteiger partial charge in [0, 0.05) is 23.4 Å². The number of nitrogens with one attached hydrogen (secondary N) is 1. The highest BCUT2D eigenvalue weighted by molar-refractivity contribution is 7.17. The number of non-ortho nitro benzene ring substituents is 1. The summed E-state index contributed by atoms with van der Waals surface area (Å²) in [5.74, 6) is -1.24. The molecule has 9 heteroatoms. The first-order valence-corrected chi connectivity index (χ1v) is 9.00. The number of carbonyl (C=O) groups is 2. The summed E-state index contributed by atoms with van der Waals surface area (Å²) in [5.41, 5.74) is 1.50. The number of nitro groups is 1. The molecule has 0 spiro atoms. The molecule has 0 radical (unpaired) electrons. The maximum atomic E-state index is 12.3. The third kappa shape index (κ3) is 4.57. The molecule has 0 bridgehead atoms. The molecular weight excluding hydrogens is 382 g/mol. The van der Waals surface area contributed by atoms with Crippen molar-refractivity contribution in [2.75, 3.05) is 11.9 Å². The first-order valence-electron chi connectivity index (χ1n) is 8.18. The summed E-state index contributed by atoms with van der Waals surface area (Å²) < 4.78 is 5.06. The molecule has 8 nitrogen and oxygen atoms in total. The van der Waals surface area contributed by atoms with Crippen molar-refractivity contribution in [1.29, 1.82) is 0 Å². The minimum Gasteiger partial charge on any atom is -0.451 e. The molecule has 0 aliphatic carbocycles. The molecular formula is C19H15N3O5S. The van der Waals surface area contributed by atoms with Crippen LogP contribution >= 0.6 is 11.3 Å². The summed E-state index contributed by atoms with van der Waals surface area (Å²) in [4.78, 5) is 39.2. The third-order valence-electron chi connectivity index (χ3n) is 3.68. The molecule has 0 saturated carbocycles. The number of nitro benzene ring substituents is 1. The molecule has 0 atom stereocenters. The Bertz CT molecular complexity index is 1030. The topological polar surface area (TPSA) is 111 Å². The van der Waals surface area contributed by atoms with E-state index in [4.69, 9.17) is 4.74 Å². The molecule has 1 N–H and O–H groups in total. The van der Waals surface area contributed by atoms with E-state index in [-0.39, 0.29) is 11.4 Å². The number of aryl methyl sites for hydroxylation is 1. The second kappa shape index (κ2) is 8.40. The van der Waals surface area contributed by atoms with Crippen molar-refractivity contribution in [2.24, 2.45) is 0 Å². The van der Waals surface area contributed by atoms with Crippen LogP contribution in [0, 0.1) is 17.0 Å². The molecule has 3 rings (SSSR count). The number of hydrogen-bond donors (Lipinski definition) is 1. The van der Waals surface area contributed by atoms with E-state index in [9.17, 15) is 19.7 Å². The number of esters is 1. The van der Waals surface area contributed by atoms with Gasteiger partial charge in [-0.15, -0.1) is 11.3 Å². The average Bonchev–Trinajstić information content (AvgIpc) is 3.09. The van der Waals surface area contributed by atoms with E-state index in [2.05, 4.69) is 10.3 Å². The van der Waals surface area contributed by atoms with Crippen molar-refractivity contribution >= 4 is 34.6 Å². The zero-order valence-corrected chi connectivity index (χ0v) is 15.6.